The van der Waals surface area contributed by atoms with E-state index >= 15 is 0 Å². The van der Waals surface area contributed by atoms with Crippen LogP contribution in [0.5, 0.6) is 23.0 Å². The summed E-state index contributed by atoms with van der Waals surface area (Å²) >= 11 is 30.6. The van der Waals surface area contributed by atoms with Crippen LogP contribution in [-0.2, 0) is 0 Å². The topological polar surface area (TPSA) is 183 Å². The van der Waals surface area contributed by atoms with Gasteiger partial charge in [-0.2, -0.15) is 0 Å². The van der Waals surface area contributed by atoms with E-state index in [2.05, 4.69) is 24.9 Å². The van der Waals surface area contributed by atoms with Crippen molar-refractivity contribution in [1.82, 2.24) is 15.1 Å². The zero-order valence-corrected chi connectivity index (χ0v) is 36.2. The minimum absolute atomic E-state index is 0. The molecular weight excluding hydrogens is 894 g/mol. The number of anilines is 2. The Morgan fingerprint density at radius 2 is 1.13 bits per heavy atom. The average Bonchev–Trinajstić information content (AvgIpc) is 3.23. The minimum atomic E-state index is -0.861. The van der Waals surface area contributed by atoms with Gasteiger partial charge in [0.15, 0.2) is 23.0 Å². The molecule has 0 atom stereocenters. The number of nitro benzene ring substituents is 1. The molecule has 6 rings (SSSR count). The lowest BCUT2D eigenvalue weighted by Crippen LogP contribution is -2.47. The van der Waals surface area contributed by atoms with Gasteiger partial charge in [0.25, 0.3) is 5.91 Å². The van der Waals surface area contributed by atoms with Crippen LogP contribution in [0.25, 0.3) is 0 Å². The molecule has 0 bridgehead atoms. The first kappa shape index (κ1) is 49.2. The van der Waals surface area contributed by atoms with Gasteiger partial charge in [-0.05, 0) is 74.8 Å². The van der Waals surface area contributed by atoms with Crippen LogP contribution in [0, 0.1) is 10.1 Å². The molecule has 2 fully saturated rings. The number of rotatable bonds is 14. The van der Waals surface area contributed by atoms with E-state index in [-0.39, 0.29) is 29.5 Å². The number of nitrogens with one attached hydrogen (secondary N) is 1. The van der Waals surface area contributed by atoms with Crippen LogP contribution in [0.3, 0.4) is 0 Å². The Labute approximate surface area is 379 Å². The summed E-state index contributed by atoms with van der Waals surface area (Å²) in [6.07, 6.45) is 2.72. The largest absolute Gasteiger partial charge is 0.504 e. The van der Waals surface area contributed by atoms with Crippen LogP contribution >= 0.6 is 58.0 Å². The van der Waals surface area contributed by atoms with Gasteiger partial charge in [-0.3, -0.25) is 29.5 Å². The molecular formula is C42H49Cl5N6O8. The van der Waals surface area contributed by atoms with Gasteiger partial charge in [0.05, 0.1) is 47.0 Å². The minimum Gasteiger partial charge on any atom is -0.504 e. The molecule has 4 aromatic carbocycles. The number of carbonyl (C=O) groups excluding carboxylic acids is 2. The molecule has 0 radical (unpaired) electrons. The Kier molecular flexibility index (Phi) is 18.7. The van der Waals surface area contributed by atoms with E-state index < -0.39 is 33.8 Å². The predicted molar refractivity (Wildman–Crippen MR) is 243 cm³/mol. The lowest BCUT2D eigenvalue weighted by molar-refractivity contribution is -0.386. The number of hydrogen-bond donors (Lipinski definition) is 5. The molecule has 0 unspecified atom stereocenters. The number of ketones is 1. The second kappa shape index (κ2) is 23.2. The molecule has 0 aromatic heterocycles. The number of nitrogens with zero attached hydrogens (tertiary/aromatic N) is 5. The van der Waals surface area contributed by atoms with Crippen LogP contribution in [0.15, 0.2) is 60.7 Å². The first-order chi connectivity index (χ1) is 28.6. The molecule has 19 heteroatoms. The van der Waals surface area contributed by atoms with Crippen molar-refractivity contribution in [2.75, 3.05) is 81.8 Å². The molecule has 2 saturated heterocycles. The molecule has 2 aliphatic heterocycles. The number of amides is 1. The Morgan fingerprint density at radius 3 is 1.64 bits per heavy atom. The van der Waals surface area contributed by atoms with Gasteiger partial charge in [0.2, 0.25) is 5.75 Å². The molecule has 1 amide bonds. The Balaban J connectivity index is 0.000000265. The SMILES string of the molecule is C.O=C(CCCCN1CCN(c2cccc(Cl)c2Cl)CC1)c1cc(O)c(O)c(Cl)c1.O=C(NCCCN1CCN(c2cccc(Cl)c2Cl)CC1)c1cc(O)c(O)c([N+](=O)[O-])c1. The fourth-order valence-corrected chi connectivity index (χ4v) is 7.93. The van der Waals surface area contributed by atoms with Crippen molar-refractivity contribution in [3.8, 4) is 23.0 Å². The van der Waals surface area contributed by atoms with E-state index in [1.807, 2.05) is 24.3 Å². The van der Waals surface area contributed by atoms with Crippen LogP contribution in [-0.4, -0.2) is 119 Å². The number of phenols is 4. The number of Topliss-reactive ketones (excluding diaryl/α,β-unsaturated/α-hetero) is 1. The van der Waals surface area contributed by atoms with Crippen LogP contribution in [0.2, 0.25) is 25.1 Å². The van der Waals surface area contributed by atoms with Gasteiger partial charge in [0, 0.05) is 77.0 Å². The fraction of sp³-hybridized carbons (Fsp3) is 0.381. The number of benzene rings is 4. The molecule has 2 aliphatic rings. The maximum atomic E-state index is 12.3. The third-order valence-corrected chi connectivity index (χ3v) is 12.2. The van der Waals surface area contributed by atoms with E-state index in [4.69, 9.17) is 58.0 Å². The lowest BCUT2D eigenvalue weighted by atomic mass is 10.0. The molecule has 0 aliphatic carbocycles. The summed E-state index contributed by atoms with van der Waals surface area (Å²) in [7, 11) is 0. The molecule has 0 spiro atoms. The number of halogens is 5. The van der Waals surface area contributed by atoms with Crippen molar-refractivity contribution >= 4 is 86.8 Å². The zero-order chi connectivity index (χ0) is 43.5. The standard InChI is InChI=1S/C21H23Cl3N2O3.C20H22Cl2N4O5.CH4/c22-15-4-3-5-17(20(15)24)26-10-8-25(9-11-26)7-2-1-6-18(27)14-12-16(23)21(29)19(28)13-14;21-14-3-1-4-15(18(14)22)25-9-7-24(8-10-25)6-2-5-23-20(29)13-11-16(26(30)31)19(28)17(27)12-13;/h3-5,12-13,28-29H,1-2,6-11H2;1,3-4,11-12,27-28H,2,5-10H2,(H,23,29);1H4. The molecule has 61 heavy (non-hydrogen) atoms. The quantitative estimate of drug-likeness (QED) is 0.0266. The van der Waals surface area contributed by atoms with E-state index in [1.54, 1.807) is 12.1 Å². The molecule has 5 N–H and O–H groups in total. The van der Waals surface area contributed by atoms with Crippen molar-refractivity contribution in [2.24, 2.45) is 0 Å². The molecule has 4 aromatic rings. The number of carbonyl (C=O) groups is 2. The fourth-order valence-electron chi connectivity index (χ4n) is 6.89. The molecule has 2 heterocycles. The Bertz CT molecular complexity index is 2140. The summed E-state index contributed by atoms with van der Waals surface area (Å²) in [5.74, 6) is -3.00. The molecule has 14 nitrogen and oxygen atoms in total. The highest BCUT2D eigenvalue weighted by molar-refractivity contribution is 6.44. The summed E-state index contributed by atoms with van der Waals surface area (Å²) < 4.78 is 0. The number of phenolic OH excluding ortho intramolecular Hbond substituents is 4. The highest BCUT2D eigenvalue weighted by Crippen LogP contribution is 2.37. The van der Waals surface area contributed by atoms with Crippen molar-refractivity contribution in [2.45, 2.75) is 33.1 Å². The van der Waals surface area contributed by atoms with Gasteiger partial charge >= 0.3 is 5.69 Å². The van der Waals surface area contributed by atoms with Crippen LogP contribution in [0.1, 0.15) is 53.8 Å². The normalized spacial score (nSPS) is 14.4. The second-order valence-electron chi connectivity index (χ2n) is 14.2. The van der Waals surface area contributed by atoms with E-state index in [1.165, 1.54) is 12.1 Å². The Morgan fingerprint density at radius 1 is 0.639 bits per heavy atom. The van der Waals surface area contributed by atoms with Crippen LogP contribution < -0.4 is 15.1 Å². The number of nitro groups is 1. The van der Waals surface area contributed by atoms with Gasteiger partial charge in [0.1, 0.15) is 0 Å². The number of piperazine rings is 2. The van der Waals surface area contributed by atoms with Gasteiger partial charge in [-0.1, -0.05) is 77.6 Å². The zero-order valence-electron chi connectivity index (χ0n) is 32.4. The van der Waals surface area contributed by atoms with Crippen molar-refractivity contribution in [3.05, 3.63) is 107 Å². The van der Waals surface area contributed by atoms with Gasteiger partial charge < -0.3 is 35.5 Å². The number of hydrogen-bond acceptors (Lipinski definition) is 12. The van der Waals surface area contributed by atoms with Crippen molar-refractivity contribution < 1.29 is 34.9 Å². The van der Waals surface area contributed by atoms with E-state index in [9.17, 15) is 40.1 Å². The lowest BCUT2D eigenvalue weighted by Gasteiger charge is -2.36. The summed E-state index contributed by atoms with van der Waals surface area (Å²) in [5, 5.41) is 54.0. The van der Waals surface area contributed by atoms with E-state index in [0.29, 0.717) is 45.0 Å². The first-order valence-corrected chi connectivity index (χ1v) is 21.1. The monoisotopic (exact) mass is 940 g/mol. The predicted octanol–water partition coefficient (Wildman–Crippen LogP) is 9.12. The maximum absolute atomic E-state index is 12.3. The van der Waals surface area contributed by atoms with Gasteiger partial charge in [-0.25, -0.2) is 0 Å². The maximum Gasteiger partial charge on any atom is 0.315 e. The van der Waals surface area contributed by atoms with E-state index in [0.717, 1.165) is 102 Å². The molecule has 0 saturated carbocycles. The van der Waals surface area contributed by atoms with Crippen LogP contribution in [0.4, 0.5) is 17.1 Å². The van der Waals surface area contributed by atoms with Crippen molar-refractivity contribution in [1.29, 1.82) is 0 Å². The number of unbranched alkanes of at least 4 members (excludes halogenated alkanes) is 1. The summed E-state index contributed by atoms with van der Waals surface area (Å²) in [6.45, 7) is 8.99. The molecule has 330 valence electrons. The average molecular weight is 943 g/mol. The third kappa shape index (κ3) is 13.3. The van der Waals surface area contributed by atoms with Gasteiger partial charge in [-0.15, -0.1) is 0 Å². The van der Waals surface area contributed by atoms with Crippen molar-refractivity contribution in [3.63, 3.8) is 0 Å². The number of aromatic hydroxyl groups is 4. The highest BCUT2D eigenvalue weighted by Gasteiger charge is 2.23. The first-order valence-electron chi connectivity index (χ1n) is 19.2. The summed E-state index contributed by atoms with van der Waals surface area (Å²) in [4.78, 5) is 43.6. The Hall–Kier alpha value is -4.41. The smallest absolute Gasteiger partial charge is 0.315 e. The third-order valence-electron chi connectivity index (χ3n) is 10.2. The summed E-state index contributed by atoms with van der Waals surface area (Å²) in [5.41, 5.74) is 1.40. The second-order valence-corrected chi connectivity index (χ2v) is 16.2. The highest BCUT2D eigenvalue weighted by atomic mass is 35.5. The summed E-state index contributed by atoms with van der Waals surface area (Å²) in [6, 6.07) is 15.8.